The van der Waals surface area contributed by atoms with Crippen molar-refractivity contribution in [2.45, 2.75) is 6.36 Å². The van der Waals surface area contributed by atoms with E-state index in [1.807, 2.05) is 6.07 Å². The molecule has 0 aliphatic carbocycles. The molecule has 0 fully saturated rings. The third kappa shape index (κ3) is 3.21. The van der Waals surface area contributed by atoms with E-state index in [1.54, 1.807) is 30.6 Å². The maximum absolute atomic E-state index is 11.9. The summed E-state index contributed by atoms with van der Waals surface area (Å²) in [5.41, 5.74) is 1.62. The zero-order valence-corrected chi connectivity index (χ0v) is 8.61. The lowest BCUT2D eigenvalue weighted by atomic mass is 10.1. The number of ether oxygens (including phenoxy) is 1. The Kier molecular flexibility index (Phi) is 2.99. The maximum atomic E-state index is 11.9. The van der Waals surface area contributed by atoms with Crippen molar-refractivity contribution in [3.8, 4) is 16.9 Å². The molecule has 2 rings (SSSR count). The Morgan fingerprint density at radius 2 is 1.65 bits per heavy atom. The molecule has 1 heterocycles. The summed E-state index contributed by atoms with van der Waals surface area (Å²) in [6.07, 6.45) is -1.39. The minimum Gasteiger partial charge on any atom is -0.406 e. The fourth-order valence-corrected chi connectivity index (χ4v) is 1.38. The smallest absolute Gasteiger partial charge is 0.406 e. The summed E-state index contributed by atoms with van der Waals surface area (Å²) in [6.45, 7) is 0. The Hall–Kier alpha value is -2.04. The summed E-state index contributed by atoms with van der Waals surface area (Å²) in [5.74, 6) is -0.231. The van der Waals surface area contributed by atoms with E-state index in [0.717, 1.165) is 11.1 Å². The molecule has 0 amide bonds. The van der Waals surface area contributed by atoms with Gasteiger partial charge in [0, 0.05) is 12.4 Å². The van der Waals surface area contributed by atoms with E-state index in [2.05, 4.69) is 9.72 Å². The Morgan fingerprint density at radius 1 is 0.941 bits per heavy atom. The number of nitrogens with zero attached hydrogens (tertiary/aromatic N) is 1. The van der Waals surface area contributed by atoms with Crippen molar-refractivity contribution >= 4 is 0 Å². The highest BCUT2D eigenvalue weighted by Gasteiger charge is 2.30. The van der Waals surface area contributed by atoms with E-state index in [-0.39, 0.29) is 5.75 Å². The van der Waals surface area contributed by atoms with Gasteiger partial charge in [-0.05, 0) is 29.3 Å². The molecule has 5 heteroatoms. The summed E-state index contributed by atoms with van der Waals surface area (Å²) in [7, 11) is 0. The molecule has 0 saturated heterocycles. The lowest BCUT2D eigenvalue weighted by molar-refractivity contribution is -0.274. The van der Waals surface area contributed by atoms with Crippen LogP contribution in [0.3, 0.4) is 0 Å². The van der Waals surface area contributed by atoms with E-state index in [1.165, 1.54) is 12.1 Å². The molecule has 0 radical (unpaired) electrons. The number of halogens is 3. The topological polar surface area (TPSA) is 22.1 Å². The van der Waals surface area contributed by atoms with Gasteiger partial charge in [-0.2, -0.15) is 0 Å². The molecular weight excluding hydrogens is 231 g/mol. The molecule has 0 aliphatic rings. The van der Waals surface area contributed by atoms with Crippen molar-refractivity contribution in [2.75, 3.05) is 0 Å². The van der Waals surface area contributed by atoms with Crippen LogP contribution < -0.4 is 4.74 Å². The van der Waals surface area contributed by atoms with Crippen LogP contribution in [0.1, 0.15) is 0 Å². The first kappa shape index (κ1) is 11.4. The highest BCUT2D eigenvalue weighted by molar-refractivity contribution is 5.62. The monoisotopic (exact) mass is 239 g/mol. The van der Waals surface area contributed by atoms with Gasteiger partial charge >= 0.3 is 6.36 Å². The lowest BCUT2D eigenvalue weighted by Crippen LogP contribution is -2.16. The van der Waals surface area contributed by atoms with Gasteiger partial charge in [0.25, 0.3) is 0 Å². The number of benzene rings is 1. The molecule has 1 aromatic carbocycles. The van der Waals surface area contributed by atoms with E-state index < -0.39 is 6.36 Å². The molecule has 2 aromatic rings. The van der Waals surface area contributed by atoms with Crippen molar-refractivity contribution in [2.24, 2.45) is 0 Å². The molecule has 0 aliphatic heterocycles. The molecule has 0 bridgehead atoms. The summed E-state index contributed by atoms with van der Waals surface area (Å²) in [5, 5.41) is 0. The van der Waals surface area contributed by atoms with Crippen LogP contribution in [-0.2, 0) is 0 Å². The average Bonchev–Trinajstić information content (AvgIpc) is 2.29. The van der Waals surface area contributed by atoms with Gasteiger partial charge in [-0.1, -0.05) is 18.2 Å². The van der Waals surface area contributed by atoms with Gasteiger partial charge in [0.2, 0.25) is 0 Å². The van der Waals surface area contributed by atoms with Gasteiger partial charge < -0.3 is 4.74 Å². The number of rotatable bonds is 2. The fourth-order valence-electron chi connectivity index (χ4n) is 1.38. The number of aromatic nitrogens is 1. The standard InChI is InChI=1S/C12H8F3NO/c13-12(14,15)17-11-5-3-9(4-6-11)10-2-1-7-16-8-10/h1-8H. The van der Waals surface area contributed by atoms with Crippen molar-refractivity contribution in [3.05, 3.63) is 48.8 Å². The van der Waals surface area contributed by atoms with Crippen LogP contribution in [0.2, 0.25) is 0 Å². The van der Waals surface area contributed by atoms with Crippen LogP contribution in [-0.4, -0.2) is 11.3 Å². The number of pyridine rings is 1. The largest absolute Gasteiger partial charge is 0.573 e. The van der Waals surface area contributed by atoms with Gasteiger partial charge in [-0.3, -0.25) is 4.98 Å². The lowest BCUT2D eigenvalue weighted by Gasteiger charge is -2.09. The van der Waals surface area contributed by atoms with Crippen LogP contribution in [0.25, 0.3) is 11.1 Å². The fraction of sp³-hybridized carbons (Fsp3) is 0.0833. The zero-order chi connectivity index (χ0) is 12.3. The third-order valence-corrected chi connectivity index (χ3v) is 2.08. The van der Waals surface area contributed by atoms with E-state index in [0.29, 0.717) is 0 Å². The molecular formula is C12H8F3NO. The third-order valence-electron chi connectivity index (χ3n) is 2.08. The molecule has 17 heavy (non-hydrogen) atoms. The van der Waals surface area contributed by atoms with E-state index in [9.17, 15) is 13.2 Å². The van der Waals surface area contributed by atoms with Crippen LogP contribution >= 0.6 is 0 Å². The van der Waals surface area contributed by atoms with Crippen molar-refractivity contribution < 1.29 is 17.9 Å². The number of alkyl halides is 3. The Morgan fingerprint density at radius 3 is 2.18 bits per heavy atom. The van der Waals surface area contributed by atoms with Crippen LogP contribution in [0.4, 0.5) is 13.2 Å². The number of hydrogen-bond acceptors (Lipinski definition) is 2. The predicted molar refractivity (Wildman–Crippen MR) is 56.4 cm³/mol. The molecule has 88 valence electrons. The Bertz CT molecular complexity index is 479. The normalized spacial score (nSPS) is 11.2. The first-order chi connectivity index (χ1) is 8.04. The van der Waals surface area contributed by atoms with Gasteiger partial charge in [-0.15, -0.1) is 13.2 Å². The van der Waals surface area contributed by atoms with Crippen LogP contribution in [0.5, 0.6) is 5.75 Å². The number of hydrogen-bond donors (Lipinski definition) is 0. The quantitative estimate of drug-likeness (QED) is 0.798. The van der Waals surface area contributed by atoms with Gasteiger partial charge in [0.1, 0.15) is 5.75 Å². The highest BCUT2D eigenvalue weighted by Crippen LogP contribution is 2.25. The SMILES string of the molecule is FC(F)(F)Oc1ccc(-c2cccnc2)cc1. The summed E-state index contributed by atoms with van der Waals surface area (Å²) in [6, 6.07) is 9.24. The van der Waals surface area contributed by atoms with Gasteiger partial charge in [0.05, 0.1) is 0 Å². The minimum absolute atomic E-state index is 0.231. The zero-order valence-electron chi connectivity index (χ0n) is 8.61. The highest BCUT2D eigenvalue weighted by atomic mass is 19.4. The summed E-state index contributed by atoms with van der Waals surface area (Å²) < 4.78 is 39.6. The first-order valence-electron chi connectivity index (χ1n) is 4.81. The Labute approximate surface area is 95.7 Å². The second-order valence-corrected chi connectivity index (χ2v) is 3.31. The van der Waals surface area contributed by atoms with Crippen LogP contribution in [0.15, 0.2) is 48.8 Å². The summed E-state index contributed by atoms with van der Waals surface area (Å²) in [4.78, 5) is 3.93. The average molecular weight is 239 g/mol. The second-order valence-electron chi connectivity index (χ2n) is 3.31. The first-order valence-corrected chi connectivity index (χ1v) is 4.81. The van der Waals surface area contributed by atoms with Crippen molar-refractivity contribution in [1.29, 1.82) is 0 Å². The molecule has 2 nitrogen and oxygen atoms in total. The molecule has 0 N–H and O–H groups in total. The van der Waals surface area contributed by atoms with Gasteiger partial charge in [-0.25, -0.2) is 0 Å². The van der Waals surface area contributed by atoms with Crippen molar-refractivity contribution in [1.82, 2.24) is 4.98 Å². The van der Waals surface area contributed by atoms with Gasteiger partial charge in [0.15, 0.2) is 0 Å². The second kappa shape index (κ2) is 4.45. The molecule has 0 saturated carbocycles. The molecule has 0 unspecified atom stereocenters. The molecule has 0 spiro atoms. The Balaban J connectivity index is 2.19. The summed E-state index contributed by atoms with van der Waals surface area (Å²) >= 11 is 0. The predicted octanol–water partition coefficient (Wildman–Crippen LogP) is 3.65. The van der Waals surface area contributed by atoms with E-state index >= 15 is 0 Å². The van der Waals surface area contributed by atoms with Crippen molar-refractivity contribution in [3.63, 3.8) is 0 Å². The molecule has 1 aromatic heterocycles. The van der Waals surface area contributed by atoms with E-state index in [4.69, 9.17) is 0 Å². The molecule has 0 atom stereocenters. The minimum atomic E-state index is -4.66. The van der Waals surface area contributed by atoms with Crippen LogP contribution in [0, 0.1) is 0 Å². The maximum Gasteiger partial charge on any atom is 0.573 e.